The highest BCUT2D eigenvalue weighted by molar-refractivity contribution is 7.89. The third-order valence-corrected chi connectivity index (χ3v) is 4.48. The molecule has 1 heterocycles. The zero-order valence-corrected chi connectivity index (χ0v) is 13.8. The summed E-state index contributed by atoms with van der Waals surface area (Å²) in [4.78, 5) is 12.5. The summed E-state index contributed by atoms with van der Waals surface area (Å²) in [5, 5.41) is 15.3. The maximum absolute atomic E-state index is 12.5. The van der Waals surface area contributed by atoms with E-state index in [1.807, 2.05) is 6.07 Å². The number of sulfonamides is 1. The summed E-state index contributed by atoms with van der Waals surface area (Å²) in [6.45, 7) is 0.250. The number of aromatic nitrogens is 3. The Labute approximate surface area is 144 Å². The van der Waals surface area contributed by atoms with Gasteiger partial charge in [-0.3, -0.25) is 9.36 Å². The molecule has 128 valence electrons. The topological polar surface area (TPSA) is 120 Å². The van der Waals surface area contributed by atoms with Crippen molar-refractivity contribution in [1.29, 1.82) is 0 Å². The molecule has 0 aliphatic carbocycles. The lowest BCUT2D eigenvalue weighted by atomic mass is 10.1. The first-order valence-electron chi connectivity index (χ1n) is 7.29. The molecule has 0 unspecified atom stereocenters. The predicted octanol–water partition coefficient (Wildman–Crippen LogP) is 0.845. The van der Waals surface area contributed by atoms with Gasteiger partial charge >= 0.3 is 0 Å². The van der Waals surface area contributed by atoms with Crippen LogP contribution in [0.2, 0.25) is 0 Å². The number of benzene rings is 2. The van der Waals surface area contributed by atoms with Crippen LogP contribution in [0, 0.1) is 0 Å². The number of primary sulfonamides is 1. The number of nitrogens with one attached hydrogen (secondary N) is 1. The first-order chi connectivity index (χ1) is 11.9. The minimum Gasteiger partial charge on any atom is -0.348 e. The van der Waals surface area contributed by atoms with Gasteiger partial charge in [-0.25, -0.2) is 13.6 Å². The number of hydrogen-bond acceptors (Lipinski definition) is 5. The summed E-state index contributed by atoms with van der Waals surface area (Å²) in [5.41, 5.74) is 1.89. The van der Waals surface area contributed by atoms with Crippen molar-refractivity contribution in [3.63, 3.8) is 0 Å². The number of rotatable bonds is 5. The Hall–Kier alpha value is -3.04. The maximum atomic E-state index is 12.5. The van der Waals surface area contributed by atoms with Crippen LogP contribution in [-0.4, -0.2) is 29.1 Å². The molecule has 0 aliphatic rings. The molecule has 1 amide bonds. The molecule has 25 heavy (non-hydrogen) atoms. The zero-order chi connectivity index (χ0) is 17.9. The molecule has 0 spiro atoms. The van der Waals surface area contributed by atoms with E-state index < -0.39 is 10.0 Å². The Morgan fingerprint density at radius 2 is 1.68 bits per heavy atom. The normalized spacial score (nSPS) is 11.2. The van der Waals surface area contributed by atoms with Gasteiger partial charge in [-0.05, 0) is 29.8 Å². The molecule has 2 aromatic carbocycles. The second kappa shape index (κ2) is 6.83. The molecule has 0 saturated carbocycles. The fraction of sp³-hybridized carbons (Fsp3) is 0.0625. The molecule has 0 saturated heterocycles. The van der Waals surface area contributed by atoms with Gasteiger partial charge in [0, 0.05) is 6.54 Å². The van der Waals surface area contributed by atoms with Crippen LogP contribution >= 0.6 is 0 Å². The van der Waals surface area contributed by atoms with Gasteiger partial charge in [0.25, 0.3) is 5.91 Å². The largest absolute Gasteiger partial charge is 0.348 e. The first kappa shape index (κ1) is 16.8. The molecule has 0 bridgehead atoms. The minimum absolute atomic E-state index is 0.0283. The second-order valence-electron chi connectivity index (χ2n) is 5.26. The van der Waals surface area contributed by atoms with Crippen molar-refractivity contribution in [2.45, 2.75) is 11.4 Å². The molecule has 8 nitrogen and oxygen atoms in total. The highest BCUT2D eigenvalue weighted by Crippen LogP contribution is 2.14. The van der Waals surface area contributed by atoms with Gasteiger partial charge in [0.1, 0.15) is 12.7 Å². The van der Waals surface area contributed by atoms with Crippen molar-refractivity contribution in [3.8, 4) is 5.69 Å². The Balaban J connectivity index is 1.74. The van der Waals surface area contributed by atoms with Crippen molar-refractivity contribution >= 4 is 15.9 Å². The molecular formula is C16H15N5O3S. The average molecular weight is 357 g/mol. The van der Waals surface area contributed by atoms with Gasteiger partial charge in [0.15, 0.2) is 0 Å². The lowest BCUT2D eigenvalue weighted by Crippen LogP contribution is -2.24. The van der Waals surface area contributed by atoms with E-state index in [1.54, 1.807) is 34.9 Å². The van der Waals surface area contributed by atoms with Gasteiger partial charge in [0.05, 0.1) is 16.1 Å². The molecule has 3 rings (SSSR count). The van der Waals surface area contributed by atoms with Crippen LogP contribution in [0.4, 0.5) is 0 Å². The Kier molecular flexibility index (Phi) is 4.59. The average Bonchev–Trinajstić information content (AvgIpc) is 3.14. The number of nitrogens with zero attached hydrogens (tertiary/aromatic N) is 3. The molecule has 0 atom stereocenters. The highest BCUT2D eigenvalue weighted by atomic mass is 32.2. The molecule has 3 N–H and O–H groups in total. The van der Waals surface area contributed by atoms with Crippen molar-refractivity contribution < 1.29 is 13.2 Å². The first-order valence-corrected chi connectivity index (χ1v) is 8.84. The SMILES string of the molecule is NS(=O)(=O)c1ccc(CNC(=O)c2ccccc2-n2cnnc2)cc1. The van der Waals surface area contributed by atoms with E-state index >= 15 is 0 Å². The molecule has 0 fully saturated rings. The van der Waals surface area contributed by atoms with Gasteiger partial charge in [-0.1, -0.05) is 24.3 Å². The standard InChI is InChI=1S/C16H15N5O3S/c17-25(23,24)13-7-5-12(6-8-13)9-18-16(22)14-3-1-2-4-15(14)21-10-19-20-11-21/h1-8,10-11H,9H2,(H,18,22)(H2,17,23,24). The summed E-state index contributed by atoms with van der Waals surface area (Å²) in [5.74, 6) is -0.264. The van der Waals surface area contributed by atoms with Crippen LogP contribution in [0.3, 0.4) is 0 Å². The second-order valence-corrected chi connectivity index (χ2v) is 6.82. The van der Waals surface area contributed by atoms with Crippen LogP contribution < -0.4 is 10.5 Å². The monoisotopic (exact) mass is 357 g/mol. The van der Waals surface area contributed by atoms with Gasteiger partial charge < -0.3 is 5.32 Å². The third kappa shape index (κ3) is 3.90. The Bertz CT molecular complexity index is 983. The predicted molar refractivity (Wildman–Crippen MR) is 90.3 cm³/mol. The van der Waals surface area contributed by atoms with E-state index in [-0.39, 0.29) is 17.3 Å². The van der Waals surface area contributed by atoms with Crippen LogP contribution in [0.1, 0.15) is 15.9 Å². The fourth-order valence-corrected chi connectivity index (χ4v) is 2.81. The maximum Gasteiger partial charge on any atom is 0.253 e. The third-order valence-electron chi connectivity index (χ3n) is 3.55. The number of carbonyl (C=O) groups excluding carboxylic acids is 1. The number of para-hydroxylation sites is 1. The van der Waals surface area contributed by atoms with Crippen LogP contribution in [0.15, 0.2) is 66.1 Å². The number of amides is 1. The molecule has 3 aromatic rings. The zero-order valence-electron chi connectivity index (χ0n) is 13.0. The molecule has 1 aromatic heterocycles. The quantitative estimate of drug-likeness (QED) is 0.701. The summed E-state index contributed by atoms with van der Waals surface area (Å²) >= 11 is 0. The van der Waals surface area contributed by atoms with Crippen LogP contribution in [-0.2, 0) is 16.6 Å². The summed E-state index contributed by atoms with van der Waals surface area (Å²) in [6, 6.07) is 13.1. The van der Waals surface area contributed by atoms with E-state index in [9.17, 15) is 13.2 Å². The van der Waals surface area contributed by atoms with E-state index in [4.69, 9.17) is 5.14 Å². The summed E-state index contributed by atoms with van der Waals surface area (Å²) < 4.78 is 24.1. The number of nitrogens with two attached hydrogens (primary N) is 1. The van der Waals surface area contributed by atoms with E-state index in [1.165, 1.54) is 24.8 Å². The lowest BCUT2D eigenvalue weighted by Gasteiger charge is -2.10. The summed E-state index contributed by atoms with van der Waals surface area (Å²) in [7, 11) is -3.73. The van der Waals surface area contributed by atoms with Crippen molar-refractivity contribution in [3.05, 3.63) is 72.3 Å². The minimum atomic E-state index is -3.73. The Morgan fingerprint density at radius 3 is 2.32 bits per heavy atom. The van der Waals surface area contributed by atoms with Gasteiger partial charge in [-0.2, -0.15) is 0 Å². The molecule has 0 radical (unpaired) electrons. The van der Waals surface area contributed by atoms with Crippen LogP contribution in [0.5, 0.6) is 0 Å². The van der Waals surface area contributed by atoms with Crippen molar-refractivity contribution in [2.24, 2.45) is 5.14 Å². The number of carbonyl (C=O) groups is 1. The molecule has 9 heteroatoms. The van der Waals surface area contributed by atoms with Gasteiger partial charge in [0.2, 0.25) is 10.0 Å². The van der Waals surface area contributed by atoms with Gasteiger partial charge in [-0.15, -0.1) is 10.2 Å². The molecular weight excluding hydrogens is 342 g/mol. The fourth-order valence-electron chi connectivity index (χ4n) is 2.29. The van der Waals surface area contributed by atoms with E-state index in [0.717, 1.165) is 5.56 Å². The van der Waals surface area contributed by atoms with E-state index in [0.29, 0.717) is 11.3 Å². The van der Waals surface area contributed by atoms with E-state index in [2.05, 4.69) is 15.5 Å². The Morgan fingerprint density at radius 1 is 1.04 bits per heavy atom. The van der Waals surface area contributed by atoms with Crippen molar-refractivity contribution in [1.82, 2.24) is 20.1 Å². The molecule has 0 aliphatic heterocycles. The smallest absolute Gasteiger partial charge is 0.253 e. The number of hydrogen-bond donors (Lipinski definition) is 2. The van der Waals surface area contributed by atoms with Crippen LogP contribution in [0.25, 0.3) is 5.69 Å². The highest BCUT2D eigenvalue weighted by Gasteiger charge is 2.12. The lowest BCUT2D eigenvalue weighted by molar-refractivity contribution is 0.0951. The summed E-state index contributed by atoms with van der Waals surface area (Å²) in [6.07, 6.45) is 3.02. The van der Waals surface area contributed by atoms with Crippen molar-refractivity contribution in [2.75, 3.05) is 0 Å².